The largest absolute Gasteiger partial charge is 0.312 e. The van der Waals surface area contributed by atoms with E-state index >= 15 is 0 Å². The van der Waals surface area contributed by atoms with Crippen molar-refractivity contribution in [1.82, 2.24) is 5.32 Å². The highest BCUT2D eigenvalue weighted by molar-refractivity contribution is 7.15. The Kier molecular flexibility index (Phi) is 2.85. The molecule has 92 valence electrons. The van der Waals surface area contributed by atoms with E-state index in [-0.39, 0.29) is 10.6 Å². The molecule has 1 N–H and O–H groups in total. The van der Waals surface area contributed by atoms with Crippen molar-refractivity contribution in [3.63, 3.8) is 0 Å². The minimum absolute atomic E-state index is 0.184. The van der Waals surface area contributed by atoms with Gasteiger partial charge in [-0.3, -0.25) is 10.1 Å². The average Bonchev–Trinajstić information content (AvgIpc) is 2.82. The predicted octanol–water partition coefficient (Wildman–Crippen LogP) is 2.97. The number of nitro benzene ring substituents is 1. The molecule has 4 nitrogen and oxygen atoms in total. The summed E-state index contributed by atoms with van der Waals surface area (Å²) in [6, 6.07) is 9.01. The van der Waals surface area contributed by atoms with Gasteiger partial charge >= 0.3 is 0 Å². The molecule has 0 fully saturated rings. The lowest BCUT2D eigenvalue weighted by molar-refractivity contribution is -0.384. The molecule has 0 unspecified atom stereocenters. The summed E-state index contributed by atoms with van der Waals surface area (Å²) in [5, 5.41) is 14.4. The lowest BCUT2D eigenvalue weighted by Gasteiger charge is -2.10. The molecule has 1 aromatic carbocycles. The Morgan fingerprint density at radius 3 is 2.94 bits per heavy atom. The van der Waals surface area contributed by atoms with Crippen LogP contribution in [0.1, 0.15) is 10.4 Å². The molecule has 1 aromatic heterocycles. The van der Waals surface area contributed by atoms with Crippen LogP contribution in [-0.4, -0.2) is 11.5 Å². The van der Waals surface area contributed by atoms with Crippen LogP contribution in [0.25, 0.3) is 10.4 Å². The summed E-state index contributed by atoms with van der Waals surface area (Å²) in [5.74, 6) is 0. The summed E-state index contributed by atoms with van der Waals surface area (Å²) in [7, 11) is 0. The fraction of sp³-hybridized carbons (Fsp3) is 0.231. The predicted molar refractivity (Wildman–Crippen MR) is 71.8 cm³/mol. The standard InChI is InChI=1S/C13H12N2O2S/c16-15(17)11-4-2-1-3-10(11)13-7-9-8-14-6-5-12(9)18-13/h1-4,7,14H,5-6,8H2. The van der Waals surface area contributed by atoms with Crippen LogP contribution in [-0.2, 0) is 13.0 Å². The van der Waals surface area contributed by atoms with E-state index in [9.17, 15) is 10.1 Å². The minimum atomic E-state index is -0.313. The van der Waals surface area contributed by atoms with Gasteiger partial charge in [-0.2, -0.15) is 0 Å². The number of nitrogens with zero attached hydrogens (tertiary/aromatic N) is 1. The minimum Gasteiger partial charge on any atom is -0.312 e. The number of rotatable bonds is 2. The second-order valence-electron chi connectivity index (χ2n) is 4.26. The Morgan fingerprint density at radius 2 is 2.17 bits per heavy atom. The van der Waals surface area contributed by atoms with Crippen LogP contribution in [0.5, 0.6) is 0 Å². The van der Waals surface area contributed by atoms with Crippen molar-refractivity contribution in [2.24, 2.45) is 0 Å². The molecule has 18 heavy (non-hydrogen) atoms. The van der Waals surface area contributed by atoms with Gasteiger partial charge in [-0.25, -0.2) is 0 Å². The SMILES string of the molecule is O=[N+]([O-])c1ccccc1-c1cc2c(s1)CCNC2. The maximum absolute atomic E-state index is 11.0. The number of fused-ring (bicyclic) bond motifs is 1. The molecule has 0 atom stereocenters. The fourth-order valence-electron chi connectivity index (χ4n) is 2.23. The maximum atomic E-state index is 11.0. The third-order valence-corrected chi connectivity index (χ3v) is 4.38. The van der Waals surface area contributed by atoms with Crippen LogP contribution in [0.3, 0.4) is 0 Å². The molecule has 0 saturated carbocycles. The summed E-state index contributed by atoms with van der Waals surface area (Å²) < 4.78 is 0. The van der Waals surface area contributed by atoms with E-state index in [1.807, 2.05) is 12.1 Å². The van der Waals surface area contributed by atoms with Gasteiger partial charge in [0.25, 0.3) is 5.69 Å². The van der Waals surface area contributed by atoms with Crippen molar-refractivity contribution in [3.8, 4) is 10.4 Å². The van der Waals surface area contributed by atoms with Crippen molar-refractivity contribution in [3.05, 3.63) is 50.9 Å². The van der Waals surface area contributed by atoms with Gasteiger partial charge in [-0.05, 0) is 24.1 Å². The number of nitro groups is 1. The normalized spacial score (nSPS) is 14.2. The van der Waals surface area contributed by atoms with Gasteiger partial charge in [0.15, 0.2) is 0 Å². The Hall–Kier alpha value is -1.72. The molecular formula is C13H12N2O2S. The highest BCUT2D eigenvalue weighted by atomic mass is 32.1. The first kappa shape index (κ1) is 11.4. The molecule has 5 heteroatoms. The molecule has 2 heterocycles. The summed E-state index contributed by atoms with van der Waals surface area (Å²) in [4.78, 5) is 13.1. The van der Waals surface area contributed by atoms with Gasteiger partial charge in [0.2, 0.25) is 0 Å². The quantitative estimate of drug-likeness (QED) is 0.667. The Labute approximate surface area is 108 Å². The van der Waals surface area contributed by atoms with E-state index in [0.717, 1.165) is 30.0 Å². The van der Waals surface area contributed by atoms with Crippen LogP contribution in [0.15, 0.2) is 30.3 Å². The first-order chi connectivity index (χ1) is 8.75. The monoisotopic (exact) mass is 260 g/mol. The van der Waals surface area contributed by atoms with E-state index < -0.39 is 0 Å². The van der Waals surface area contributed by atoms with Gasteiger partial charge in [0.05, 0.1) is 10.5 Å². The van der Waals surface area contributed by atoms with Crippen molar-refractivity contribution in [2.75, 3.05) is 6.54 Å². The molecule has 0 saturated heterocycles. The zero-order chi connectivity index (χ0) is 12.5. The van der Waals surface area contributed by atoms with Crippen LogP contribution >= 0.6 is 11.3 Å². The zero-order valence-electron chi connectivity index (χ0n) is 9.68. The molecule has 3 rings (SSSR count). The number of thiophene rings is 1. The maximum Gasteiger partial charge on any atom is 0.278 e. The third-order valence-electron chi connectivity index (χ3n) is 3.11. The topological polar surface area (TPSA) is 55.2 Å². The lowest BCUT2D eigenvalue weighted by atomic mass is 10.1. The Balaban J connectivity index is 2.09. The Morgan fingerprint density at radius 1 is 1.33 bits per heavy atom. The molecule has 1 aliphatic rings. The van der Waals surface area contributed by atoms with Crippen LogP contribution in [0.4, 0.5) is 5.69 Å². The van der Waals surface area contributed by atoms with E-state index in [2.05, 4.69) is 11.4 Å². The van der Waals surface area contributed by atoms with Crippen LogP contribution in [0, 0.1) is 10.1 Å². The summed E-state index contributed by atoms with van der Waals surface area (Å²) in [6.07, 6.45) is 1.01. The second kappa shape index (κ2) is 4.51. The first-order valence-electron chi connectivity index (χ1n) is 5.82. The van der Waals surface area contributed by atoms with Crippen molar-refractivity contribution >= 4 is 17.0 Å². The number of hydrogen-bond acceptors (Lipinski definition) is 4. The van der Waals surface area contributed by atoms with Gasteiger partial charge < -0.3 is 5.32 Å². The number of benzene rings is 1. The van der Waals surface area contributed by atoms with Crippen LogP contribution in [0.2, 0.25) is 0 Å². The summed E-state index contributed by atoms with van der Waals surface area (Å²) >= 11 is 1.68. The highest BCUT2D eigenvalue weighted by Gasteiger charge is 2.19. The van der Waals surface area contributed by atoms with E-state index in [4.69, 9.17) is 0 Å². The number of para-hydroxylation sites is 1. The van der Waals surface area contributed by atoms with Gasteiger partial charge in [0, 0.05) is 28.9 Å². The molecule has 0 amide bonds. The van der Waals surface area contributed by atoms with Gasteiger partial charge in [-0.15, -0.1) is 11.3 Å². The fourth-order valence-corrected chi connectivity index (χ4v) is 3.44. The Bertz CT molecular complexity index is 583. The second-order valence-corrected chi connectivity index (χ2v) is 5.40. The van der Waals surface area contributed by atoms with Gasteiger partial charge in [-0.1, -0.05) is 12.1 Å². The van der Waals surface area contributed by atoms with Gasteiger partial charge in [0.1, 0.15) is 0 Å². The molecule has 2 aromatic rings. The average molecular weight is 260 g/mol. The lowest BCUT2D eigenvalue weighted by Crippen LogP contribution is -2.21. The first-order valence-corrected chi connectivity index (χ1v) is 6.63. The smallest absolute Gasteiger partial charge is 0.278 e. The molecule has 0 radical (unpaired) electrons. The van der Waals surface area contributed by atoms with E-state index in [1.54, 1.807) is 23.5 Å². The molecule has 0 aliphatic carbocycles. The third kappa shape index (κ3) is 1.91. The van der Waals surface area contributed by atoms with Crippen LogP contribution < -0.4 is 5.32 Å². The number of hydrogen-bond donors (Lipinski definition) is 1. The highest BCUT2D eigenvalue weighted by Crippen LogP contribution is 2.37. The zero-order valence-corrected chi connectivity index (χ0v) is 10.5. The van der Waals surface area contributed by atoms with Crippen molar-refractivity contribution in [2.45, 2.75) is 13.0 Å². The summed E-state index contributed by atoms with van der Waals surface area (Å²) in [6.45, 7) is 1.86. The van der Waals surface area contributed by atoms with E-state index in [0.29, 0.717) is 0 Å². The van der Waals surface area contributed by atoms with Crippen molar-refractivity contribution in [1.29, 1.82) is 0 Å². The molecule has 0 bridgehead atoms. The molecule has 1 aliphatic heterocycles. The van der Waals surface area contributed by atoms with Crippen molar-refractivity contribution < 1.29 is 4.92 Å². The molecule has 0 spiro atoms. The number of nitrogens with one attached hydrogen (secondary N) is 1. The summed E-state index contributed by atoms with van der Waals surface area (Å²) in [5.41, 5.74) is 2.19. The van der Waals surface area contributed by atoms with E-state index in [1.165, 1.54) is 10.4 Å². The molecular weight excluding hydrogens is 248 g/mol.